The molecule has 0 unspecified atom stereocenters. The normalized spacial score (nSPS) is 10.3. The van der Waals surface area contributed by atoms with Gasteiger partial charge in [0.25, 0.3) is 0 Å². The molecule has 3 aromatic rings. The first kappa shape index (κ1) is 20.9. The zero-order chi connectivity index (χ0) is 18.2. The minimum atomic E-state index is -0.253. The number of benzene rings is 3. The van der Waals surface area contributed by atoms with Crippen molar-refractivity contribution in [3.05, 3.63) is 101 Å². The molecule has 0 heterocycles. The molecule has 142 valence electrons. The van der Waals surface area contributed by atoms with Gasteiger partial charge in [-0.05, 0) is 60.0 Å². The maximum Gasteiger partial charge on any atom is 0.126 e. The van der Waals surface area contributed by atoms with Crippen molar-refractivity contribution < 1.29 is 13.5 Å². The minimum absolute atomic E-state index is 0. The van der Waals surface area contributed by atoms with Crippen LogP contribution in [0, 0.1) is 11.6 Å². The van der Waals surface area contributed by atoms with Gasteiger partial charge in [-0.2, -0.15) is 0 Å². The van der Waals surface area contributed by atoms with E-state index in [4.69, 9.17) is 4.74 Å². The number of rotatable bonds is 8. The van der Waals surface area contributed by atoms with Gasteiger partial charge >= 0.3 is 0 Å². The highest BCUT2D eigenvalue weighted by Gasteiger charge is 2.02. The van der Waals surface area contributed by atoms with E-state index < -0.39 is 0 Å². The monoisotopic (exact) mass is 389 g/mol. The maximum atomic E-state index is 13.6. The van der Waals surface area contributed by atoms with Crippen LogP contribution in [0.3, 0.4) is 0 Å². The number of ether oxygens (including phenoxy) is 1. The molecule has 3 rings (SSSR count). The van der Waals surface area contributed by atoms with Crippen molar-refractivity contribution in [2.24, 2.45) is 0 Å². The summed E-state index contributed by atoms with van der Waals surface area (Å²) >= 11 is 0. The molecule has 0 amide bonds. The third kappa shape index (κ3) is 6.66. The van der Waals surface area contributed by atoms with Gasteiger partial charge in [0.2, 0.25) is 0 Å². The lowest BCUT2D eigenvalue weighted by Gasteiger charge is -2.09. The third-order valence-electron chi connectivity index (χ3n) is 4.08. The number of hydrogen-bond acceptors (Lipinski definition) is 2. The van der Waals surface area contributed by atoms with Crippen LogP contribution >= 0.6 is 12.4 Å². The molecule has 0 radical (unpaired) electrons. The van der Waals surface area contributed by atoms with Crippen molar-refractivity contribution in [2.45, 2.75) is 19.6 Å². The van der Waals surface area contributed by atoms with E-state index in [9.17, 15) is 8.78 Å². The van der Waals surface area contributed by atoms with E-state index in [2.05, 4.69) is 5.32 Å². The van der Waals surface area contributed by atoms with Crippen LogP contribution in [-0.4, -0.2) is 6.54 Å². The Labute approximate surface area is 164 Å². The van der Waals surface area contributed by atoms with Crippen LogP contribution in [0.25, 0.3) is 0 Å². The molecule has 0 bridgehead atoms. The summed E-state index contributed by atoms with van der Waals surface area (Å²) in [5.74, 6) is 0.352. The van der Waals surface area contributed by atoms with Gasteiger partial charge in [-0.3, -0.25) is 0 Å². The fraction of sp³-hybridized carbons (Fsp3) is 0.182. The molecule has 3 aromatic carbocycles. The molecule has 0 aromatic heterocycles. The fourth-order valence-electron chi connectivity index (χ4n) is 2.65. The lowest BCUT2D eigenvalue weighted by atomic mass is 10.1. The van der Waals surface area contributed by atoms with Crippen molar-refractivity contribution in [2.75, 3.05) is 6.54 Å². The first-order valence-corrected chi connectivity index (χ1v) is 8.61. The summed E-state index contributed by atoms with van der Waals surface area (Å²) in [5.41, 5.74) is 2.73. The molecular weight excluding hydrogens is 368 g/mol. The molecule has 0 fully saturated rings. The zero-order valence-electron chi connectivity index (χ0n) is 14.8. The second kappa shape index (κ2) is 10.7. The number of halogens is 3. The fourth-order valence-corrected chi connectivity index (χ4v) is 2.65. The van der Waals surface area contributed by atoms with E-state index >= 15 is 0 Å². The van der Waals surface area contributed by atoms with Gasteiger partial charge in [-0.15, -0.1) is 12.4 Å². The predicted molar refractivity (Wildman–Crippen MR) is 106 cm³/mol. The predicted octanol–water partition coefficient (Wildman–Crippen LogP) is 5.30. The Balaban J connectivity index is 0.00000261. The van der Waals surface area contributed by atoms with Crippen molar-refractivity contribution in [3.8, 4) is 5.75 Å². The Bertz CT molecular complexity index is 840. The summed E-state index contributed by atoms with van der Waals surface area (Å²) in [6.45, 7) is 1.77. The number of nitrogens with one attached hydrogen (secondary N) is 1. The molecule has 2 nitrogen and oxygen atoms in total. The zero-order valence-corrected chi connectivity index (χ0v) is 15.6. The first-order chi connectivity index (χ1) is 12.7. The summed E-state index contributed by atoms with van der Waals surface area (Å²) in [7, 11) is 0. The van der Waals surface area contributed by atoms with Gasteiger partial charge in [0.05, 0.1) is 0 Å². The largest absolute Gasteiger partial charge is 0.489 e. The van der Waals surface area contributed by atoms with Crippen LogP contribution in [0.4, 0.5) is 8.78 Å². The summed E-state index contributed by atoms with van der Waals surface area (Å²) in [4.78, 5) is 0. The van der Waals surface area contributed by atoms with E-state index in [1.165, 1.54) is 18.2 Å². The topological polar surface area (TPSA) is 21.3 Å². The van der Waals surface area contributed by atoms with Crippen LogP contribution in [0.5, 0.6) is 5.75 Å². The van der Waals surface area contributed by atoms with Crippen LogP contribution in [0.1, 0.15) is 16.7 Å². The highest BCUT2D eigenvalue weighted by molar-refractivity contribution is 5.85. The molecule has 0 spiro atoms. The Hall–Kier alpha value is -2.43. The molecule has 0 saturated heterocycles. The Morgan fingerprint density at radius 3 is 2.37 bits per heavy atom. The highest BCUT2D eigenvalue weighted by atomic mass is 35.5. The highest BCUT2D eigenvalue weighted by Crippen LogP contribution is 2.15. The van der Waals surface area contributed by atoms with Crippen molar-refractivity contribution in [1.82, 2.24) is 5.32 Å². The Morgan fingerprint density at radius 1 is 0.815 bits per heavy atom. The average Bonchev–Trinajstić information content (AvgIpc) is 2.66. The second-order valence-electron chi connectivity index (χ2n) is 6.08. The molecule has 0 aliphatic carbocycles. The van der Waals surface area contributed by atoms with Crippen molar-refractivity contribution in [3.63, 3.8) is 0 Å². The first-order valence-electron chi connectivity index (χ1n) is 8.61. The van der Waals surface area contributed by atoms with Gasteiger partial charge in [0, 0.05) is 6.54 Å². The summed E-state index contributed by atoms with van der Waals surface area (Å²) in [6, 6.07) is 20.9. The van der Waals surface area contributed by atoms with Crippen molar-refractivity contribution >= 4 is 12.4 Å². The summed E-state index contributed by atoms with van der Waals surface area (Å²) in [5, 5.41) is 3.32. The van der Waals surface area contributed by atoms with Gasteiger partial charge in [0.15, 0.2) is 0 Å². The molecule has 0 aliphatic heterocycles. The second-order valence-corrected chi connectivity index (χ2v) is 6.08. The van der Waals surface area contributed by atoms with Crippen molar-refractivity contribution in [1.29, 1.82) is 0 Å². The van der Waals surface area contributed by atoms with E-state index in [-0.39, 0.29) is 24.0 Å². The van der Waals surface area contributed by atoms with Gasteiger partial charge in [-0.25, -0.2) is 8.78 Å². The molecule has 27 heavy (non-hydrogen) atoms. The summed E-state index contributed by atoms with van der Waals surface area (Å²) < 4.78 is 32.3. The van der Waals surface area contributed by atoms with Crippen LogP contribution in [-0.2, 0) is 19.6 Å². The van der Waals surface area contributed by atoms with Gasteiger partial charge < -0.3 is 10.1 Å². The van der Waals surface area contributed by atoms with E-state index in [0.29, 0.717) is 26.1 Å². The molecule has 0 aliphatic rings. The molecular formula is C22H22ClF2NO. The van der Waals surface area contributed by atoms with Crippen LogP contribution in [0.15, 0.2) is 72.8 Å². The Morgan fingerprint density at radius 2 is 1.59 bits per heavy atom. The molecule has 5 heteroatoms. The smallest absolute Gasteiger partial charge is 0.126 e. The summed E-state index contributed by atoms with van der Waals surface area (Å²) in [6.07, 6.45) is 0.646. The SMILES string of the molecule is Cl.Fc1ccc(COc2cccc(CNCCc3ccccc3F)c2)cc1. The third-order valence-corrected chi connectivity index (χ3v) is 4.08. The van der Waals surface area contributed by atoms with E-state index in [0.717, 1.165) is 22.4 Å². The standard InChI is InChI=1S/C22H21F2NO.ClH/c23-20-10-8-17(9-11-20)16-26-21-6-3-4-18(14-21)15-25-13-12-19-5-1-2-7-22(19)24;/h1-11,14,25H,12-13,15-16H2;1H. The van der Waals surface area contributed by atoms with Gasteiger partial charge in [0.1, 0.15) is 24.0 Å². The van der Waals surface area contributed by atoms with Crippen LogP contribution < -0.4 is 10.1 Å². The maximum absolute atomic E-state index is 13.6. The lowest BCUT2D eigenvalue weighted by Crippen LogP contribution is -2.17. The van der Waals surface area contributed by atoms with Gasteiger partial charge in [-0.1, -0.05) is 42.5 Å². The Kier molecular flexibility index (Phi) is 8.24. The van der Waals surface area contributed by atoms with Crippen LogP contribution in [0.2, 0.25) is 0 Å². The van der Waals surface area contributed by atoms with E-state index in [1.807, 2.05) is 30.3 Å². The molecule has 0 atom stereocenters. The lowest BCUT2D eigenvalue weighted by molar-refractivity contribution is 0.305. The minimum Gasteiger partial charge on any atom is -0.489 e. The quantitative estimate of drug-likeness (QED) is 0.528. The molecule has 1 N–H and O–H groups in total. The number of hydrogen-bond donors (Lipinski definition) is 1. The average molecular weight is 390 g/mol. The van der Waals surface area contributed by atoms with E-state index in [1.54, 1.807) is 24.3 Å². The molecule has 0 saturated carbocycles.